The SMILES string of the molecule is CC(C)N(O)C(C)(C)CC(=O)OC(C)(C)C. The molecule has 0 aromatic heterocycles. The summed E-state index contributed by atoms with van der Waals surface area (Å²) >= 11 is 0. The molecule has 0 heterocycles. The van der Waals surface area contributed by atoms with E-state index in [9.17, 15) is 10.0 Å². The average molecular weight is 231 g/mol. The van der Waals surface area contributed by atoms with Crippen molar-refractivity contribution in [1.82, 2.24) is 5.06 Å². The molecule has 16 heavy (non-hydrogen) atoms. The molecule has 1 N–H and O–H groups in total. The summed E-state index contributed by atoms with van der Waals surface area (Å²) < 4.78 is 5.23. The monoisotopic (exact) mass is 231 g/mol. The maximum Gasteiger partial charge on any atom is 0.308 e. The van der Waals surface area contributed by atoms with Crippen LogP contribution >= 0.6 is 0 Å². The van der Waals surface area contributed by atoms with Gasteiger partial charge in [0.15, 0.2) is 0 Å². The highest BCUT2D eigenvalue weighted by Gasteiger charge is 2.32. The molecule has 0 unspecified atom stereocenters. The van der Waals surface area contributed by atoms with Gasteiger partial charge in [-0.1, -0.05) is 0 Å². The summed E-state index contributed by atoms with van der Waals surface area (Å²) in [7, 11) is 0. The second-order valence-electron chi connectivity index (χ2n) is 6.01. The number of hydrogen-bond donors (Lipinski definition) is 1. The third-order valence-electron chi connectivity index (χ3n) is 2.11. The van der Waals surface area contributed by atoms with Gasteiger partial charge in [-0.05, 0) is 48.5 Å². The van der Waals surface area contributed by atoms with Crippen LogP contribution in [0.2, 0.25) is 0 Å². The largest absolute Gasteiger partial charge is 0.460 e. The van der Waals surface area contributed by atoms with Crippen LogP contribution in [-0.2, 0) is 9.53 Å². The zero-order chi connectivity index (χ0) is 13.1. The Kier molecular flexibility index (Phi) is 4.95. The molecular formula is C12H25NO3. The predicted molar refractivity (Wildman–Crippen MR) is 63.3 cm³/mol. The van der Waals surface area contributed by atoms with Crippen LogP contribution in [0.4, 0.5) is 0 Å². The minimum Gasteiger partial charge on any atom is -0.460 e. The first-order valence-corrected chi connectivity index (χ1v) is 5.66. The summed E-state index contributed by atoms with van der Waals surface area (Å²) in [6.45, 7) is 12.9. The number of ether oxygens (including phenoxy) is 1. The second kappa shape index (κ2) is 5.15. The van der Waals surface area contributed by atoms with Gasteiger partial charge >= 0.3 is 5.97 Å². The topological polar surface area (TPSA) is 49.8 Å². The van der Waals surface area contributed by atoms with E-state index in [0.717, 1.165) is 0 Å². The van der Waals surface area contributed by atoms with Crippen LogP contribution < -0.4 is 0 Å². The van der Waals surface area contributed by atoms with Crippen molar-refractivity contribution in [1.29, 1.82) is 0 Å². The highest BCUT2D eigenvalue weighted by molar-refractivity contribution is 5.71. The maximum atomic E-state index is 11.6. The van der Waals surface area contributed by atoms with Gasteiger partial charge in [-0.2, -0.15) is 5.06 Å². The Morgan fingerprint density at radius 1 is 1.25 bits per heavy atom. The summed E-state index contributed by atoms with van der Waals surface area (Å²) in [6, 6.07) is -0.0302. The quantitative estimate of drug-likeness (QED) is 0.597. The first kappa shape index (κ1) is 15.4. The van der Waals surface area contributed by atoms with Crippen molar-refractivity contribution in [3.63, 3.8) is 0 Å². The van der Waals surface area contributed by atoms with E-state index < -0.39 is 11.1 Å². The molecule has 0 aliphatic carbocycles. The zero-order valence-corrected chi connectivity index (χ0v) is 11.5. The number of rotatable bonds is 4. The Morgan fingerprint density at radius 3 is 2.00 bits per heavy atom. The van der Waals surface area contributed by atoms with Crippen molar-refractivity contribution in [2.45, 2.75) is 72.1 Å². The molecule has 0 saturated heterocycles. The van der Waals surface area contributed by atoms with Crippen LogP contribution in [0.15, 0.2) is 0 Å². The molecule has 0 aromatic carbocycles. The van der Waals surface area contributed by atoms with Crippen LogP contribution in [0.3, 0.4) is 0 Å². The molecule has 0 atom stereocenters. The summed E-state index contributed by atoms with van der Waals surface area (Å²) in [6.07, 6.45) is 0.166. The van der Waals surface area contributed by atoms with E-state index in [0.29, 0.717) is 0 Å². The average Bonchev–Trinajstić information content (AvgIpc) is 1.97. The van der Waals surface area contributed by atoms with Crippen LogP contribution in [0, 0.1) is 0 Å². The van der Waals surface area contributed by atoms with Gasteiger partial charge in [-0.15, -0.1) is 0 Å². The van der Waals surface area contributed by atoms with Gasteiger partial charge in [0, 0.05) is 6.04 Å². The Labute approximate surface area is 98.5 Å². The normalized spacial score (nSPS) is 13.4. The summed E-state index contributed by atoms with van der Waals surface area (Å²) in [5.41, 5.74) is -1.10. The number of nitrogens with zero attached hydrogens (tertiary/aromatic N) is 1. The molecule has 0 bridgehead atoms. The van der Waals surface area contributed by atoms with E-state index in [-0.39, 0.29) is 18.4 Å². The number of carbonyl (C=O) groups is 1. The van der Waals surface area contributed by atoms with Crippen LogP contribution in [-0.4, -0.2) is 33.4 Å². The minimum absolute atomic E-state index is 0.0302. The Hall–Kier alpha value is -0.610. The van der Waals surface area contributed by atoms with Crippen LogP contribution in [0.5, 0.6) is 0 Å². The Morgan fingerprint density at radius 2 is 1.69 bits per heavy atom. The van der Waals surface area contributed by atoms with Gasteiger partial charge < -0.3 is 9.94 Å². The van der Waals surface area contributed by atoms with Crippen molar-refractivity contribution in [3.8, 4) is 0 Å². The molecule has 0 saturated carbocycles. The lowest BCUT2D eigenvalue weighted by atomic mass is 9.99. The molecule has 0 radical (unpaired) electrons. The summed E-state index contributed by atoms with van der Waals surface area (Å²) in [4.78, 5) is 11.6. The highest BCUT2D eigenvalue weighted by atomic mass is 16.6. The van der Waals surface area contributed by atoms with Crippen molar-refractivity contribution in [2.24, 2.45) is 0 Å². The Bertz CT molecular complexity index is 241. The lowest BCUT2D eigenvalue weighted by molar-refractivity contribution is -0.196. The standard InChI is InChI=1S/C12H25NO3/c1-9(2)13(15)12(6,7)8-10(14)16-11(3,4)5/h9,15H,8H2,1-7H3. The molecule has 0 fully saturated rings. The number of carbonyl (C=O) groups excluding carboxylic acids is 1. The van der Waals surface area contributed by atoms with E-state index in [2.05, 4.69) is 0 Å². The van der Waals surface area contributed by atoms with Gasteiger partial charge in [0.1, 0.15) is 5.60 Å². The molecule has 0 aliphatic rings. The number of esters is 1. The summed E-state index contributed by atoms with van der Waals surface area (Å²) in [5.74, 6) is -0.294. The van der Waals surface area contributed by atoms with Gasteiger partial charge in [0.05, 0.1) is 12.0 Å². The van der Waals surface area contributed by atoms with Crippen LogP contribution in [0.25, 0.3) is 0 Å². The molecule has 4 heteroatoms. The van der Waals surface area contributed by atoms with E-state index in [1.54, 1.807) is 0 Å². The van der Waals surface area contributed by atoms with E-state index in [4.69, 9.17) is 4.74 Å². The van der Waals surface area contributed by atoms with E-state index in [1.807, 2.05) is 48.5 Å². The molecule has 0 aliphatic heterocycles. The first-order valence-electron chi connectivity index (χ1n) is 5.66. The lowest BCUT2D eigenvalue weighted by Crippen LogP contribution is -2.47. The van der Waals surface area contributed by atoms with Gasteiger partial charge in [-0.25, -0.2) is 0 Å². The smallest absolute Gasteiger partial charge is 0.308 e. The third kappa shape index (κ3) is 5.47. The maximum absolute atomic E-state index is 11.6. The Balaban J connectivity index is 4.42. The molecule has 0 spiro atoms. The van der Waals surface area contributed by atoms with Crippen molar-refractivity contribution < 1.29 is 14.7 Å². The van der Waals surface area contributed by atoms with Crippen molar-refractivity contribution >= 4 is 5.97 Å². The number of hydrogen-bond acceptors (Lipinski definition) is 4. The lowest BCUT2D eigenvalue weighted by Gasteiger charge is -2.36. The third-order valence-corrected chi connectivity index (χ3v) is 2.11. The second-order valence-corrected chi connectivity index (χ2v) is 6.01. The van der Waals surface area contributed by atoms with Gasteiger partial charge in [0.25, 0.3) is 0 Å². The molecule has 96 valence electrons. The summed E-state index contributed by atoms with van der Waals surface area (Å²) in [5, 5.41) is 11.0. The molecule has 0 aromatic rings. The fourth-order valence-electron chi connectivity index (χ4n) is 1.51. The predicted octanol–water partition coefficient (Wildman–Crippen LogP) is 2.60. The van der Waals surface area contributed by atoms with E-state index in [1.165, 1.54) is 5.06 Å². The fraction of sp³-hybridized carbons (Fsp3) is 0.917. The minimum atomic E-state index is -0.615. The first-order chi connectivity index (χ1) is 6.96. The van der Waals surface area contributed by atoms with Crippen molar-refractivity contribution in [3.05, 3.63) is 0 Å². The van der Waals surface area contributed by atoms with Gasteiger partial charge in [0.2, 0.25) is 0 Å². The molecular weight excluding hydrogens is 206 g/mol. The molecule has 4 nitrogen and oxygen atoms in total. The molecule has 0 rings (SSSR count). The molecule has 0 amide bonds. The highest BCUT2D eigenvalue weighted by Crippen LogP contribution is 2.21. The van der Waals surface area contributed by atoms with Crippen molar-refractivity contribution in [2.75, 3.05) is 0 Å². The number of hydroxylamine groups is 2. The fourth-order valence-corrected chi connectivity index (χ4v) is 1.51. The van der Waals surface area contributed by atoms with Gasteiger partial charge in [-0.3, -0.25) is 4.79 Å². The van der Waals surface area contributed by atoms with Crippen LogP contribution in [0.1, 0.15) is 54.9 Å². The zero-order valence-electron chi connectivity index (χ0n) is 11.5. The van der Waals surface area contributed by atoms with E-state index >= 15 is 0 Å².